The monoisotopic (exact) mass is 328 g/mol. The number of halogens is 1. The average molecular weight is 329 g/mol. The van der Waals surface area contributed by atoms with Crippen molar-refractivity contribution in [3.8, 4) is 0 Å². The molecule has 0 fully saturated rings. The Labute approximate surface area is 130 Å². The Morgan fingerprint density at radius 1 is 1.10 bits per heavy atom. The number of fused-ring (bicyclic) bond motifs is 1. The SMILES string of the molecule is CCCCc1ccc(C(Br)C2Cc3ccccc32)cc1. The molecule has 2 aromatic carbocycles. The van der Waals surface area contributed by atoms with Crippen molar-refractivity contribution < 1.29 is 0 Å². The van der Waals surface area contributed by atoms with Crippen LogP contribution in [0.3, 0.4) is 0 Å². The third kappa shape index (κ3) is 2.69. The smallest absolute Gasteiger partial charge is 0.0467 e. The predicted molar refractivity (Wildman–Crippen MR) is 89.6 cm³/mol. The highest BCUT2D eigenvalue weighted by atomic mass is 79.9. The molecule has 1 heteroatoms. The third-order valence-corrected chi connectivity index (χ3v) is 5.53. The summed E-state index contributed by atoms with van der Waals surface area (Å²) in [5, 5.41) is 0. The lowest BCUT2D eigenvalue weighted by Gasteiger charge is -2.34. The Kier molecular flexibility index (Phi) is 4.26. The maximum Gasteiger partial charge on any atom is 0.0467 e. The summed E-state index contributed by atoms with van der Waals surface area (Å²) in [6.07, 6.45) is 4.95. The maximum absolute atomic E-state index is 3.91. The first-order chi connectivity index (χ1) is 9.79. The molecular formula is C19H21Br. The number of benzene rings is 2. The van der Waals surface area contributed by atoms with E-state index in [1.54, 1.807) is 0 Å². The first kappa shape index (κ1) is 13.9. The van der Waals surface area contributed by atoms with Crippen molar-refractivity contribution in [1.29, 1.82) is 0 Å². The van der Waals surface area contributed by atoms with Crippen LogP contribution in [0, 0.1) is 0 Å². The quantitative estimate of drug-likeness (QED) is 0.608. The number of alkyl halides is 1. The first-order valence-electron chi connectivity index (χ1n) is 7.60. The van der Waals surface area contributed by atoms with E-state index in [0.717, 1.165) is 0 Å². The van der Waals surface area contributed by atoms with Crippen LogP contribution < -0.4 is 0 Å². The highest BCUT2D eigenvalue weighted by Crippen LogP contribution is 2.47. The lowest BCUT2D eigenvalue weighted by Crippen LogP contribution is -2.20. The van der Waals surface area contributed by atoms with E-state index in [9.17, 15) is 0 Å². The molecule has 0 N–H and O–H groups in total. The summed E-state index contributed by atoms with van der Waals surface area (Å²) in [5.41, 5.74) is 5.90. The van der Waals surface area contributed by atoms with Crippen molar-refractivity contribution >= 4 is 15.9 Å². The molecule has 1 aliphatic rings. The van der Waals surface area contributed by atoms with Crippen molar-refractivity contribution in [2.75, 3.05) is 0 Å². The zero-order valence-corrected chi connectivity index (χ0v) is 13.6. The van der Waals surface area contributed by atoms with Gasteiger partial charge in [-0.2, -0.15) is 0 Å². The molecule has 1 aliphatic carbocycles. The maximum atomic E-state index is 3.91. The first-order valence-corrected chi connectivity index (χ1v) is 8.52. The molecule has 0 aromatic heterocycles. The predicted octanol–water partition coefficient (Wildman–Crippen LogP) is 5.81. The van der Waals surface area contributed by atoms with Gasteiger partial charge in [0.2, 0.25) is 0 Å². The molecule has 0 spiro atoms. The number of unbranched alkanes of at least 4 members (excludes halogenated alkanes) is 1. The van der Waals surface area contributed by atoms with Crippen molar-refractivity contribution in [1.82, 2.24) is 0 Å². The van der Waals surface area contributed by atoms with Gasteiger partial charge < -0.3 is 0 Å². The molecule has 20 heavy (non-hydrogen) atoms. The van der Waals surface area contributed by atoms with Gasteiger partial charge in [0.15, 0.2) is 0 Å². The summed E-state index contributed by atoms with van der Waals surface area (Å²) in [7, 11) is 0. The molecule has 0 radical (unpaired) electrons. The molecule has 2 atom stereocenters. The van der Waals surface area contributed by atoms with E-state index >= 15 is 0 Å². The molecule has 0 amide bonds. The average Bonchev–Trinajstić information content (AvgIpc) is 2.47. The van der Waals surface area contributed by atoms with Gasteiger partial charge in [0, 0.05) is 10.7 Å². The Hall–Kier alpha value is -1.08. The van der Waals surface area contributed by atoms with E-state index in [2.05, 4.69) is 71.4 Å². The fourth-order valence-electron chi connectivity index (χ4n) is 3.04. The molecule has 0 heterocycles. The van der Waals surface area contributed by atoms with Crippen LogP contribution in [-0.2, 0) is 12.8 Å². The fraction of sp³-hybridized carbons (Fsp3) is 0.368. The normalized spacial score (nSPS) is 18.2. The van der Waals surface area contributed by atoms with E-state index in [-0.39, 0.29) is 0 Å². The van der Waals surface area contributed by atoms with Crippen LogP contribution in [0.1, 0.15) is 52.8 Å². The minimum Gasteiger partial charge on any atom is -0.0832 e. The van der Waals surface area contributed by atoms with Gasteiger partial charge in [-0.25, -0.2) is 0 Å². The van der Waals surface area contributed by atoms with Gasteiger partial charge in [0.05, 0.1) is 0 Å². The highest BCUT2D eigenvalue weighted by molar-refractivity contribution is 9.09. The van der Waals surface area contributed by atoms with Crippen LogP contribution >= 0.6 is 15.9 Å². The second-order valence-corrected chi connectivity index (χ2v) is 6.74. The number of hydrogen-bond acceptors (Lipinski definition) is 0. The Morgan fingerprint density at radius 2 is 1.85 bits per heavy atom. The zero-order chi connectivity index (χ0) is 13.9. The molecule has 2 unspecified atom stereocenters. The van der Waals surface area contributed by atoms with Gasteiger partial charge in [0.25, 0.3) is 0 Å². The van der Waals surface area contributed by atoms with E-state index < -0.39 is 0 Å². The fourth-order valence-corrected chi connectivity index (χ4v) is 3.82. The second-order valence-electron chi connectivity index (χ2n) is 5.76. The van der Waals surface area contributed by atoms with Gasteiger partial charge in [-0.1, -0.05) is 77.8 Å². The number of aryl methyl sites for hydroxylation is 1. The van der Waals surface area contributed by atoms with Crippen LogP contribution in [0.5, 0.6) is 0 Å². The van der Waals surface area contributed by atoms with Gasteiger partial charge in [0.1, 0.15) is 0 Å². The lowest BCUT2D eigenvalue weighted by molar-refractivity contribution is 0.600. The minimum absolute atomic E-state index is 0.442. The Bertz CT molecular complexity index is 571. The molecule has 0 bridgehead atoms. The molecular weight excluding hydrogens is 308 g/mol. The van der Waals surface area contributed by atoms with Crippen molar-refractivity contribution in [2.45, 2.75) is 43.4 Å². The van der Waals surface area contributed by atoms with Crippen molar-refractivity contribution in [3.63, 3.8) is 0 Å². The van der Waals surface area contributed by atoms with Crippen LogP contribution in [0.2, 0.25) is 0 Å². The zero-order valence-electron chi connectivity index (χ0n) is 12.0. The molecule has 0 aliphatic heterocycles. The second kappa shape index (κ2) is 6.13. The van der Waals surface area contributed by atoms with Crippen LogP contribution in [0.4, 0.5) is 0 Å². The third-order valence-electron chi connectivity index (χ3n) is 4.36. The molecule has 2 aromatic rings. The summed E-state index contributed by atoms with van der Waals surface area (Å²) in [4.78, 5) is 0.442. The van der Waals surface area contributed by atoms with Crippen molar-refractivity contribution in [2.24, 2.45) is 0 Å². The van der Waals surface area contributed by atoms with Crippen molar-refractivity contribution in [3.05, 3.63) is 70.8 Å². The summed E-state index contributed by atoms with van der Waals surface area (Å²) in [6.45, 7) is 2.25. The van der Waals surface area contributed by atoms with Crippen LogP contribution in [0.25, 0.3) is 0 Å². The number of hydrogen-bond donors (Lipinski definition) is 0. The Balaban J connectivity index is 1.71. The Morgan fingerprint density at radius 3 is 2.55 bits per heavy atom. The van der Waals surface area contributed by atoms with E-state index in [1.165, 1.54) is 47.9 Å². The van der Waals surface area contributed by atoms with E-state index in [1.807, 2.05) is 0 Å². The van der Waals surface area contributed by atoms with Gasteiger partial charge in [-0.15, -0.1) is 0 Å². The van der Waals surface area contributed by atoms with Crippen LogP contribution in [0.15, 0.2) is 48.5 Å². The van der Waals surface area contributed by atoms with Crippen LogP contribution in [-0.4, -0.2) is 0 Å². The molecule has 0 nitrogen and oxygen atoms in total. The highest BCUT2D eigenvalue weighted by Gasteiger charge is 2.31. The number of rotatable bonds is 5. The van der Waals surface area contributed by atoms with E-state index in [4.69, 9.17) is 0 Å². The summed E-state index contributed by atoms with van der Waals surface area (Å²) >= 11 is 3.91. The van der Waals surface area contributed by atoms with Gasteiger partial charge >= 0.3 is 0 Å². The lowest BCUT2D eigenvalue weighted by atomic mass is 9.74. The minimum atomic E-state index is 0.442. The molecule has 0 saturated heterocycles. The van der Waals surface area contributed by atoms with Gasteiger partial charge in [-0.05, 0) is 41.5 Å². The summed E-state index contributed by atoms with van der Waals surface area (Å²) in [6, 6.07) is 18.0. The summed E-state index contributed by atoms with van der Waals surface area (Å²) in [5.74, 6) is 0.632. The molecule has 0 saturated carbocycles. The van der Waals surface area contributed by atoms with Gasteiger partial charge in [-0.3, -0.25) is 0 Å². The topological polar surface area (TPSA) is 0 Å². The van der Waals surface area contributed by atoms with E-state index in [0.29, 0.717) is 10.7 Å². The largest absolute Gasteiger partial charge is 0.0832 e. The standard InChI is InChI=1S/C19H21Br/c1-2-3-6-14-9-11-15(12-10-14)19(20)18-13-16-7-4-5-8-17(16)18/h4-5,7-12,18-19H,2-3,6,13H2,1H3. The summed E-state index contributed by atoms with van der Waals surface area (Å²) < 4.78 is 0. The molecule has 104 valence electrons. The molecule has 3 rings (SSSR count).